The van der Waals surface area contributed by atoms with Gasteiger partial charge in [-0.1, -0.05) is 72.6 Å². The van der Waals surface area contributed by atoms with Gasteiger partial charge in [-0.25, -0.2) is 0 Å². The molecule has 1 aliphatic rings. The van der Waals surface area contributed by atoms with Crippen molar-refractivity contribution in [3.8, 4) is 0 Å². The van der Waals surface area contributed by atoms with Crippen LogP contribution in [0.15, 0.2) is 0 Å². The first-order valence-corrected chi connectivity index (χ1v) is 11.9. The van der Waals surface area contributed by atoms with Crippen molar-refractivity contribution in [2.24, 2.45) is 23.7 Å². The lowest BCUT2D eigenvalue weighted by molar-refractivity contribution is -0.169. The van der Waals surface area contributed by atoms with Crippen LogP contribution >= 0.6 is 0 Å². The van der Waals surface area contributed by atoms with Crippen molar-refractivity contribution in [2.45, 2.75) is 105 Å². The Morgan fingerprint density at radius 2 is 1.25 bits per heavy atom. The van der Waals surface area contributed by atoms with Crippen molar-refractivity contribution in [3.63, 3.8) is 0 Å². The molecule has 4 nitrogen and oxygen atoms in total. The van der Waals surface area contributed by atoms with E-state index in [9.17, 15) is 9.59 Å². The first-order chi connectivity index (χ1) is 13.6. The molecule has 1 rings (SSSR count). The number of rotatable bonds is 14. The van der Waals surface area contributed by atoms with Crippen LogP contribution in [0.25, 0.3) is 0 Å². The molecular weight excluding hydrogens is 352 g/mol. The van der Waals surface area contributed by atoms with Gasteiger partial charge in [0.05, 0.1) is 25.0 Å². The Hall–Kier alpha value is -1.06. The van der Waals surface area contributed by atoms with Gasteiger partial charge in [-0.05, 0) is 43.9 Å². The third kappa shape index (κ3) is 8.53. The van der Waals surface area contributed by atoms with Gasteiger partial charge in [0, 0.05) is 0 Å². The fourth-order valence-electron chi connectivity index (χ4n) is 4.49. The predicted molar refractivity (Wildman–Crippen MR) is 114 cm³/mol. The molecule has 0 radical (unpaired) electrons. The van der Waals surface area contributed by atoms with E-state index in [0.29, 0.717) is 13.2 Å². The summed E-state index contributed by atoms with van der Waals surface area (Å²) in [6.45, 7) is 9.52. The quantitative estimate of drug-likeness (QED) is 0.255. The number of esters is 2. The Morgan fingerprint density at radius 1 is 0.714 bits per heavy atom. The predicted octanol–water partition coefficient (Wildman–Crippen LogP) is 6.31. The first-order valence-electron chi connectivity index (χ1n) is 11.9. The van der Waals surface area contributed by atoms with Gasteiger partial charge in [0.1, 0.15) is 0 Å². The Labute approximate surface area is 173 Å². The fraction of sp³-hybridized carbons (Fsp3) is 0.917. The summed E-state index contributed by atoms with van der Waals surface area (Å²) >= 11 is 0. The van der Waals surface area contributed by atoms with Crippen LogP contribution in [0.2, 0.25) is 0 Å². The molecule has 0 aromatic carbocycles. The van der Waals surface area contributed by atoms with Gasteiger partial charge in [0.15, 0.2) is 0 Å². The van der Waals surface area contributed by atoms with Crippen molar-refractivity contribution in [2.75, 3.05) is 13.2 Å². The molecule has 28 heavy (non-hydrogen) atoms. The molecule has 4 unspecified atom stereocenters. The number of hydrogen-bond donors (Lipinski definition) is 0. The van der Waals surface area contributed by atoms with Crippen LogP contribution in [0.3, 0.4) is 0 Å². The first kappa shape index (κ1) is 25.0. The molecule has 0 heterocycles. The van der Waals surface area contributed by atoms with E-state index in [2.05, 4.69) is 27.7 Å². The van der Waals surface area contributed by atoms with Crippen LogP contribution in [0.1, 0.15) is 105 Å². The van der Waals surface area contributed by atoms with Crippen molar-refractivity contribution >= 4 is 11.9 Å². The normalized spacial score (nSPS) is 24.7. The maximum Gasteiger partial charge on any atom is 0.310 e. The Morgan fingerprint density at radius 3 is 1.75 bits per heavy atom. The molecule has 4 atom stereocenters. The molecule has 0 aromatic heterocycles. The van der Waals surface area contributed by atoms with Crippen molar-refractivity contribution in [3.05, 3.63) is 0 Å². The summed E-state index contributed by atoms with van der Waals surface area (Å²) in [6, 6.07) is 0. The summed E-state index contributed by atoms with van der Waals surface area (Å²) in [6.07, 6.45) is 12.7. The van der Waals surface area contributed by atoms with Crippen molar-refractivity contribution in [1.29, 1.82) is 0 Å². The highest BCUT2D eigenvalue weighted by molar-refractivity contribution is 5.83. The molecule has 0 saturated heterocycles. The van der Waals surface area contributed by atoms with E-state index in [-0.39, 0.29) is 35.6 Å². The number of carbonyl (C=O) groups is 2. The molecule has 1 saturated carbocycles. The Kier molecular flexibility index (Phi) is 13.3. The summed E-state index contributed by atoms with van der Waals surface area (Å²) in [7, 11) is 0. The van der Waals surface area contributed by atoms with Gasteiger partial charge in [0.25, 0.3) is 0 Å². The molecular formula is C24H44O4. The Balaban J connectivity index is 2.70. The lowest BCUT2D eigenvalue weighted by Crippen LogP contribution is -2.44. The van der Waals surface area contributed by atoms with Gasteiger partial charge in [-0.2, -0.15) is 0 Å². The summed E-state index contributed by atoms with van der Waals surface area (Å²) in [5.74, 6) is -0.624. The SMILES string of the molecule is CCCCCCOC(=O)C1C(C)CCC(CCC)C1C(=O)OCCCCCC. The molecule has 1 aliphatic carbocycles. The van der Waals surface area contributed by atoms with Gasteiger partial charge in [-0.15, -0.1) is 0 Å². The number of ether oxygens (including phenoxy) is 2. The standard InChI is InChI=1S/C24H44O4/c1-5-8-10-12-17-27-23(25)21-19(4)15-16-20(14-7-3)22(21)24(26)28-18-13-11-9-6-2/h19-22H,5-18H2,1-4H3. The van der Waals surface area contributed by atoms with E-state index in [1.54, 1.807) is 0 Å². The van der Waals surface area contributed by atoms with Gasteiger partial charge < -0.3 is 9.47 Å². The topological polar surface area (TPSA) is 52.6 Å². The second-order valence-electron chi connectivity index (χ2n) is 8.61. The molecule has 4 heteroatoms. The van der Waals surface area contributed by atoms with Crippen LogP contribution in [0.5, 0.6) is 0 Å². The highest BCUT2D eigenvalue weighted by Crippen LogP contribution is 2.42. The minimum atomic E-state index is -0.348. The zero-order valence-corrected chi connectivity index (χ0v) is 18.8. The van der Waals surface area contributed by atoms with Crippen LogP contribution in [0.4, 0.5) is 0 Å². The molecule has 0 aromatic rings. The number of hydrogen-bond acceptors (Lipinski definition) is 4. The van der Waals surface area contributed by atoms with E-state index >= 15 is 0 Å². The van der Waals surface area contributed by atoms with E-state index < -0.39 is 0 Å². The van der Waals surface area contributed by atoms with Gasteiger partial charge >= 0.3 is 11.9 Å². The zero-order valence-electron chi connectivity index (χ0n) is 18.8. The maximum atomic E-state index is 13.0. The molecule has 0 spiro atoms. The molecule has 164 valence electrons. The van der Waals surface area contributed by atoms with Gasteiger partial charge in [0.2, 0.25) is 0 Å². The second-order valence-corrected chi connectivity index (χ2v) is 8.61. The summed E-state index contributed by atoms with van der Waals surface area (Å²) in [5.41, 5.74) is 0. The molecule has 1 fully saturated rings. The average molecular weight is 397 g/mol. The zero-order chi connectivity index (χ0) is 20.8. The lowest BCUT2D eigenvalue weighted by atomic mass is 9.66. The molecule has 0 N–H and O–H groups in total. The largest absolute Gasteiger partial charge is 0.465 e. The number of unbranched alkanes of at least 4 members (excludes halogenated alkanes) is 6. The number of carbonyl (C=O) groups excluding carboxylic acids is 2. The van der Waals surface area contributed by atoms with Crippen LogP contribution < -0.4 is 0 Å². The second kappa shape index (κ2) is 14.9. The fourth-order valence-corrected chi connectivity index (χ4v) is 4.49. The van der Waals surface area contributed by atoms with E-state index in [0.717, 1.165) is 51.4 Å². The molecule has 0 aliphatic heterocycles. The van der Waals surface area contributed by atoms with Crippen molar-refractivity contribution in [1.82, 2.24) is 0 Å². The highest BCUT2D eigenvalue weighted by Gasteiger charge is 2.46. The van der Waals surface area contributed by atoms with E-state index in [1.165, 1.54) is 25.7 Å². The smallest absolute Gasteiger partial charge is 0.310 e. The lowest BCUT2D eigenvalue weighted by Gasteiger charge is -2.39. The molecule has 0 bridgehead atoms. The van der Waals surface area contributed by atoms with Gasteiger partial charge in [-0.3, -0.25) is 9.59 Å². The minimum Gasteiger partial charge on any atom is -0.465 e. The average Bonchev–Trinajstić information content (AvgIpc) is 2.68. The minimum absolute atomic E-state index is 0.172. The van der Waals surface area contributed by atoms with Crippen LogP contribution in [-0.4, -0.2) is 25.2 Å². The summed E-state index contributed by atoms with van der Waals surface area (Å²) in [5, 5.41) is 0. The van der Waals surface area contributed by atoms with E-state index in [1.807, 2.05) is 0 Å². The monoisotopic (exact) mass is 396 g/mol. The van der Waals surface area contributed by atoms with Crippen LogP contribution in [-0.2, 0) is 19.1 Å². The van der Waals surface area contributed by atoms with Crippen LogP contribution in [0, 0.1) is 23.7 Å². The van der Waals surface area contributed by atoms with Crippen molar-refractivity contribution < 1.29 is 19.1 Å². The Bertz CT molecular complexity index is 434. The third-order valence-corrected chi connectivity index (χ3v) is 6.19. The summed E-state index contributed by atoms with van der Waals surface area (Å²) in [4.78, 5) is 25.9. The third-order valence-electron chi connectivity index (χ3n) is 6.19. The highest BCUT2D eigenvalue weighted by atomic mass is 16.5. The summed E-state index contributed by atoms with van der Waals surface area (Å²) < 4.78 is 11.3. The maximum absolute atomic E-state index is 13.0. The molecule has 0 amide bonds. The van der Waals surface area contributed by atoms with E-state index in [4.69, 9.17) is 9.47 Å².